The SMILES string of the molecule is CCCCCCNC(=O)CCCN1C(=O)c2ccccc2N2C(=O)c3c(ccc(OC)c3OC)C12. The lowest BCUT2D eigenvalue weighted by Gasteiger charge is -2.41. The van der Waals surface area contributed by atoms with Gasteiger partial charge in [-0.3, -0.25) is 19.3 Å². The van der Waals surface area contributed by atoms with E-state index in [1.165, 1.54) is 20.6 Å². The highest BCUT2D eigenvalue weighted by Crippen LogP contribution is 2.49. The number of rotatable bonds is 11. The highest BCUT2D eigenvalue weighted by molar-refractivity contribution is 6.18. The smallest absolute Gasteiger partial charge is 0.264 e. The summed E-state index contributed by atoms with van der Waals surface area (Å²) in [5, 5.41) is 2.97. The first-order chi connectivity index (χ1) is 17.0. The Morgan fingerprint density at radius 1 is 0.971 bits per heavy atom. The molecule has 0 bridgehead atoms. The number of para-hydroxylation sites is 1. The molecule has 0 saturated heterocycles. The highest BCUT2D eigenvalue weighted by atomic mass is 16.5. The van der Waals surface area contributed by atoms with E-state index in [-0.39, 0.29) is 17.7 Å². The van der Waals surface area contributed by atoms with Crippen LogP contribution in [0.1, 0.15) is 77.9 Å². The van der Waals surface area contributed by atoms with Gasteiger partial charge in [0.15, 0.2) is 11.5 Å². The van der Waals surface area contributed by atoms with E-state index in [9.17, 15) is 14.4 Å². The first kappa shape index (κ1) is 24.6. The molecule has 4 rings (SSSR count). The number of anilines is 1. The van der Waals surface area contributed by atoms with Crippen molar-refractivity contribution in [2.45, 2.75) is 51.6 Å². The Balaban J connectivity index is 1.57. The molecule has 2 aliphatic heterocycles. The Morgan fingerprint density at radius 2 is 1.77 bits per heavy atom. The molecule has 35 heavy (non-hydrogen) atoms. The number of amides is 3. The van der Waals surface area contributed by atoms with Gasteiger partial charge in [0.2, 0.25) is 5.91 Å². The maximum atomic E-state index is 13.7. The molecule has 3 amide bonds. The number of nitrogens with zero attached hydrogens (tertiary/aromatic N) is 2. The monoisotopic (exact) mass is 479 g/mol. The fraction of sp³-hybridized carbons (Fsp3) is 0.444. The van der Waals surface area contributed by atoms with Crippen molar-refractivity contribution in [1.82, 2.24) is 10.2 Å². The molecule has 1 atom stereocenters. The third kappa shape index (κ3) is 4.57. The number of carbonyl (C=O) groups is 3. The van der Waals surface area contributed by atoms with Crippen molar-refractivity contribution in [3.05, 3.63) is 53.1 Å². The zero-order valence-corrected chi connectivity index (χ0v) is 20.6. The lowest BCUT2D eigenvalue weighted by Crippen LogP contribution is -2.48. The minimum Gasteiger partial charge on any atom is -0.493 e. The molecular formula is C27H33N3O5. The van der Waals surface area contributed by atoms with Gasteiger partial charge in [-0.15, -0.1) is 0 Å². The standard InChI is InChI=1S/C27H33N3O5/c1-4-5-6-9-16-28-22(31)13-10-17-29-25-19-14-15-21(34-2)24(35-3)23(19)27(33)30(25)20-12-8-7-11-18(20)26(29)32/h7-8,11-12,14-15,25H,4-6,9-10,13,16-17H2,1-3H3,(H,28,31). The number of nitrogens with one attached hydrogen (secondary N) is 1. The Labute approximate surface area is 206 Å². The van der Waals surface area contributed by atoms with Gasteiger partial charge in [-0.05, 0) is 31.0 Å². The second kappa shape index (κ2) is 10.8. The van der Waals surface area contributed by atoms with Gasteiger partial charge in [0, 0.05) is 25.1 Å². The number of fused-ring (bicyclic) bond motifs is 5. The summed E-state index contributed by atoms with van der Waals surface area (Å²) in [6.45, 7) is 3.18. The maximum Gasteiger partial charge on any atom is 0.264 e. The molecule has 1 unspecified atom stereocenters. The van der Waals surface area contributed by atoms with E-state index in [4.69, 9.17) is 9.47 Å². The minimum absolute atomic E-state index is 0.0162. The molecule has 2 aromatic carbocycles. The van der Waals surface area contributed by atoms with E-state index in [1.807, 2.05) is 12.1 Å². The summed E-state index contributed by atoms with van der Waals surface area (Å²) in [7, 11) is 3.03. The number of unbranched alkanes of at least 4 members (excludes halogenated alkanes) is 3. The average Bonchev–Trinajstić information content (AvgIpc) is 3.17. The topological polar surface area (TPSA) is 88.2 Å². The zero-order valence-electron chi connectivity index (χ0n) is 20.6. The van der Waals surface area contributed by atoms with Crippen molar-refractivity contribution < 1.29 is 23.9 Å². The van der Waals surface area contributed by atoms with E-state index >= 15 is 0 Å². The van der Waals surface area contributed by atoms with Gasteiger partial charge in [0.05, 0.1) is 31.0 Å². The molecule has 1 N–H and O–H groups in total. The van der Waals surface area contributed by atoms with Crippen LogP contribution in [0, 0.1) is 0 Å². The largest absolute Gasteiger partial charge is 0.493 e. The second-order valence-electron chi connectivity index (χ2n) is 8.84. The predicted octanol–water partition coefficient (Wildman–Crippen LogP) is 4.30. The summed E-state index contributed by atoms with van der Waals surface area (Å²) in [6, 6.07) is 10.7. The van der Waals surface area contributed by atoms with Gasteiger partial charge in [-0.2, -0.15) is 0 Å². The van der Waals surface area contributed by atoms with Crippen LogP contribution in [0.5, 0.6) is 11.5 Å². The minimum atomic E-state index is -0.600. The lowest BCUT2D eigenvalue weighted by atomic mass is 10.0. The van der Waals surface area contributed by atoms with E-state index in [0.717, 1.165) is 19.3 Å². The molecular weight excluding hydrogens is 446 g/mol. The van der Waals surface area contributed by atoms with Gasteiger partial charge < -0.3 is 19.7 Å². The van der Waals surface area contributed by atoms with Crippen molar-refractivity contribution in [1.29, 1.82) is 0 Å². The molecule has 0 spiro atoms. The van der Waals surface area contributed by atoms with Crippen LogP contribution in [0.15, 0.2) is 36.4 Å². The summed E-state index contributed by atoms with van der Waals surface area (Å²) < 4.78 is 11.0. The van der Waals surface area contributed by atoms with Crippen LogP contribution in [0.3, 0.4) is 0 Å². The Morgan fingerprint density at radius 3 is 2.51 bits per heavy atom. The van der Waals surface area contributed by atoms with Crippen molar-refractivity contribution in [2.24, 2.45) is 0 Å². The lowest BCUT2D eigenvalue weighted by molar-refractivity contribution is -0.121. The molecule has 2 aliphatic rings. The van der Waals surface area contributed by atoms with Crippen LogP contribution in [0.2, 0.25) is 0 Å². The van der Waals surface area contributed by atoms with Gasteiger partial charge in [-0.25, -0.2) is 0 Å². The van der Waals surface area contributed by atoms with Crippen molar-refractivity contribution in [3.8, 4) is 11.5 Å². The van der Waals surface area contributed by atoms with Gasteiger partial charge in [-0.1, -0.05) is 44.4 Å². The second-order valence-corrected chi connectivity index (χ2v) is 8.84. The van der Waals surface area contributed by atoms with Gasteiger partial charge >= 0.3 is 0 Å². The first-order valence-corrected chi connectivity index (χ1v) is 12.3. The molecule has 0 aliphatic carbocycles. The molecule has 0 saturated carbocycles. The van der Waals surface area contributed by atoms with Crippen molar-refractivity contribution in [3.63, 3.8) is 0 Å². The summed E-state index contributed by atoms with van der Waals surface area (Å²) in [5.41, 5.74) is 2.13. The normalized spacial score (nSPS) is 16.0. The summed E-state index contributed by atoms with van der Waals surface area (Å²) in [6.07, 6.45) is 4.62. The average molecular weight is 480 g/mol. The Bertz CT molecular complexity index is 1120. The van der Waals surface area contributed by atoms with Crippen LogP contribution in [0.25, 0.3) is 0 Å². The van der Waals surface area contributed by atoms with Crippen LogP contribution >= 0.6 is 0 Å². The zero-order chi connectivity index (χ0) is 24.9. The summed E-state index contributed by atoms with van der Waals surface area (Å²) in [5.74, 6) is 0.406. The van der Waals surface area contributed by atoms with E-state index in [2.05, 4.69) is 12.2 Å². The molecule has 0 aromatic heterocycles. The van der Waals surface area contributed by atoms with Crippen LogP contribution < -0.4 is 19.7 Å². The van der Waals surface area contributed by atoms with Crippen molar-refractivity contribution in [2.75, 3.05) is 32.2 Å². The molecule has 186 valence electrons. The maximum absolute atomic E-state index is 13.7. The molecule has 2 heterocycles. The van der Waals surface area contributed by atoms with E-state index in [1.54, 1.807) is 34.1 Å². The van der Waals surface area contributed by atoms with Crippen molar-refractivity contribution >= 4 is 23.4 Å². The highest BCUT2D eigenvalue weighted by Gasteiger charge is 2.49. The third-order valence-electron chi connectivity index (χ3n) is 6.64. The van der Waals surface area contributed by atoms with Crippen LogP contribution in [-0.4, -0.2) is 49.9 Å². The third-order valence-corrected chi connectivity index (χ3v) is 6.64. The first-order valence-electron chi connectivity index (χ1n) is 12.3. The number of methoxy groups -OCH3 is 2. The fourth-order valence-electron chi connectivity index (χ4n) is 4.93. The van der Waals surface area contributed by atoms with Crippen LogP contribution in [-0.2, 0) is 4.79 Å². The Kier molecular flexibility index (Phi) is 7.58. The molecule has 0 radical (unpaired) electrons. The molecule has 2 aromatic rings. The molecule has 8 nitrogen and oxygen atoms in total. The van der Waals surface area contributed by atoms with E-state index in [0.29, 0.717) is 59.8 Å². The van der Waals surface area contributed by atoms with E-state index < -0.39 is 6.17 Å². The number of hydrogen-bond donors (Lipinski definition) is 1. The predicted molar refractivity (Wildman–Crippen MR) is 133 cm³/mol. The number of hydrogen-bond acceptors (Lipinski definition) is 5. The Hall–Kier alpha value is -3.55. The van der Waals surface area contributed by atoms with Crippen LogP contribution in [0.4, 0.5) is 5.69 Å². The summed E-state index contributed by atoms with van der Waals surface area (Å²) >= 11 is 0. The fourth-order valence-corrected chi connectivity index (χ4v) is 4.93. The quantitative estimate of drug-likeness (QED) is 0.486. The number of ether oxygens (including phenoxy) is 2. The number of carbonyl (C=O) groups excluding carboxylic acids is 3. The summed E-state index contributed by atoms with van der Waals surface area (Å²) in [4.78, 5) is 42.8. The molecule has 8 heteroatoms. The van der Waals surface area contributed by atoms with Gasteiger partial charge in [0.1, 0.15) is 6.17 Å². The molecule has 0 fully saturated rings. The van der Waals surface area contributed by atoms with Gasteiger partial charge in [0.25, 0.3) is 11.8 Å². The number of benzene rings is 2.